The molecule has 0 bridgehead atoms. The van der Waals surface area contributed by atoms with Crippen molar-refractivity contribution in [1.82, 2.24) is 0 Å². The number of aliphatic carboxylic acids is 1. The summed E-state index contributed by atoms with van der Waals surface area (Å²) >= 11 is 1.42. The average Bonchev–Trinajstić information content (AvgIpc) is 2.98. The number of anilines is 1. The number of carboxylic acids is 1. The zero-order chi connectivity index (χ0) is 19.6. The largest absolute Gasteiger partial charge is 0.481 e. The number of carbonyl (C=O) groups excluding carboxylic acids is 2. The van der Waals surface area contributed by atoms with Crippen molar-refractivity contribution in [2.75, 3.05) is 11.9 Å². The van der Waals surface area contributed by atoms with E-state index in [9.17, 15) is 19.5 Å². The van der Waals surface area contributed by atoms with Gasteiger partial charge in [0.05, 0.1) is 24.0 Å². The molecule has 0 unspecified atom stereocenters. The lowest BCUT2D eigenvalue weighted by Crippen LogP contribution is -2.34. The molecule has 0 aliphatic heterocycles. The Morgan fingerprint density at radius 1 is 1.26 bits per heavy atom. The minimum Gasteiger partial charge on any atom is -0.481 e. The Hall–Kier alpha value is -2.15. The number of hydrogen-bond donors (Lipinski definition) is 2. The predicted octanol–water partition coefficient (Wildman–Crippen LogP) is 3.66. The fourth-order valence-electron chi connectivity index (χ4n) is 3.84. The summed E-state index contributed by atoms with van der Waals surface area (Å²) < 4.78 is 5.22. The predicted molar refractivity (Wildman–Crippen MR) is 103 cm³/mol. The molecule has 1 amide bonds. The molecular weight excluding hydrogens is 366 g/mol. The first kappa shape index (κ1) is 19.6. The Morgan fingerprint density at radius 2 is 1.96 bits per heavy atom. The van der Waals surface area contributed by atoms with Crippen LogP contribution in [0.15, 0.2) is 12.2 Å². The highest BCUT2D eigenvalue weighted by molar-refractivity contribution is 7.17. The van der Waals surface area contributed by atoms with Gasteiger partial charge in [-0.1, -0.05) is 19.1 Å². The minimum absolute atomic E-state index is 0.266. The van der Waals surface area contributed by atoms with Crippen molar-refractivity contribution in [3.8, 4) is 0 Å². The van der Waals surface area contributed by atoms with E-state index in [1.54, 1.807) is 13.0 Å². The molecule has 2 N–H and O–H groups in total. The third kappa shape index (κ3) is 4.08. The van der Waals surface area contributed by atoms with Gasteiger partial charge in [-0.2, -0.15) is 0 Å². The average molecular weight is 391 g/mol. The molecule has 0 saturated carbocycles. The van der Waals surface area contributed by atoms with Gasteiger partial charge < -0.3 is 15.2 Å². The molecule has 3 rings (SSSR count). The first-order valence-corrected chi connectivity index (χ1v) is 10.2. The maximum atomic E-state index is 12.8. The summed E-state index contributed by atoms with van der Waals surface area (Å²) in [7, 11) is 0. The van der Waals surface area contributed by atoms with E-state index in [0.29, 0.717) is 29.3 Å². The number of amides is 1. The van der Waals surface area contributed by atoms with Crippen molar-refractivity contribution >= 4 is 34.2 Å². The standard InChI is InChI=1S/C20H25NO5S/c1-3-26-20(25)16-14-9-8-11(2)10-15(14)27-18(16)21-17(22)12-6-4-5-7-13(12)19(23)24/h4-5,11-13H,3,6-10H2,1-2H3,(H,21,22)(H,23,24)/t11-,12+,13+/m1/s1. The lowest BCUT2D eigenvalue weighted by Gasteiger charge is -2.24. The summed E-state index contributed by atoms with van der Waals surface area (Å²) in [5, 5.41) is 12.8. The van der Waals surface area contributed by atoms with Gasteiger partial charge in [0.1, 0.15) is 5.00 Å². The van der Waals surface area contributed by atoms with Crippen LogP contribution in [-0.4, -0.2) is 29.6 Å². The van der Waals surface area contributed by atoms with Crippen molar-refractivity contribution in [1.29, 1.82) is 0 Å². The molecule has 27 heavy (non-hydrogen) atoms. The first-order chi connectivity index (χ1) is 12.9. The number of nitrogens with one attached hydrogen (secondary N) is 1. The fourth-order valence-corrected chi connectivity index (χ4v) is 5.24. The molecule has 2 aliphatic carbocycles. The molecule has 1 aromatic rings. The molecule has 1 aromatic heterocycles. The molecule has 0 radical (unpaired) electrons. The van der Waals surface area contributed by atoms with E-state index in [1.807, 2.05) is 6.08 Å². The van der Waals surface area contributed by atoms with Gasteiger partial charge in [-0.15, -0.1) is 11.3 Å². The maximum absolute atomic E-state index is 12.8. The van der Waals surface area contributed by atoms with Gasteiger partial charge in [0, 0.05) is 4.88 Å². The quantitative estimate of drug-likeness (QED) is 0.590. The Kier molecular flexibility index (Phi) is 5.99. The minimum atomic E-state index is -0.968. The molecule has 7 heteroatoms. The van der Waals surface area contributed by atoms with Gasteiger partial charge >= 0.3 is 11.9 Å². The van der Waals surface area contributed by atoms with E-state index >= 15 is 0 Å². The van der Waals surface area contributed by atoms with Crippen LogP contribution in [0.2, 0.25) is 0 Å². The number of hydrogen-bond acceptors (Lipinski definition) is 5. The van der Waals surface area contributed by atoms with Crippen molar-refractivity contribution in [3.63, 3.8) is 0 Å². The molecule has 0 aromatic carbocycles. The number of rotatable bonds is 5. The molecule has 0 saturated heterocycles. The van der Waals surface area contributed by atoms with Crippen LogP contribution in [0.1, 0.15) is 53.9 Å². The SMILES string of the molecule is CCOC(=O)c1c(NC(=O)[C@H]2CC=CC[C@@H]2C(=O)O)sc2c1CC[C@@H](C)C2. The molecule has 1 heterocycles. The Bertz CT molecular complexity index is 782. The Labute approximate surface area is 162 Å². The summed E-state index contributed by atoms with van der Waals surface area (Å²) in [6.45, 7) is 4.20. The monoisotopic (exact) mass is 391 g/mol. The van der Waals surface area contributed by atoms with E-state index in [1.165, 1.54) is 11.3 Å². The number of ether oxygens (including phenoxy) is 1. The summed E-state index contributed by atoms with van der Waals surface area (Å²) in [6.07, 6.45) is 7.05. The fraction of sp³-hybridized carbons (Fsp3) is 0.550. The number of fused-ring (bicyclic) bond motifs is 1. The van der Waals surface area contributed by atoms with Crippen LogP contribution in [0, 0.1) is 17.8 Å². The first-order valence-electron chi connectivity index (χ1n) is 9.42. The summed E-state index contributed by atoms with van der Waals surface area (Å²) in [6, 6.07) is 0. The smallest absolute Gasteiger partial charge is 0.341 e. The van der Waals surface area contributed by atoms with E-state index in [0.717, 1.165) is 29.7 Å². The zero-order valence-corrected chi connectivity index (χ0v) is 16.4. The number of esters is 1. The number of thiophene rings is 1. The molecular formula is C20H25NO5S. The van der Waals surface area contributed by atoms with Crippen molar-refractivity contribution in [2.24, 2.45) is 17.8 Å². The highest BCUT2D eigenvalue weighted by Gasteiger charge is 2.36. The van der Waals surface area contributed by atoms with Crippen LogP contribution < -0.4 is 5.32 Å². The highest BCUT2D eigenvalue weighted by Crippen LogP contribution is 2.40. The molecule has 0 spiro atoms. The highest BCUT2D eigenvalue weighted by atomic mass is 32.1. The van der Waals surface area contributed by atoms with Gasteiger partial charge in [-0.3, -0.25) is 9.59 Å². The van der Waals surface area contributed by atoms with Crippen LogP contribution in [0.25, 0.3) is 0 Å². The topological polar surface area (TPSA) is 92.7 Å². The number of carbonyl (C=O) groups is 3. The van der Waals surface area contributed by atoms with E-state index < -0.39 is 23.8 Å². The maximum Gasteiger partial charge on any atom is 0.341 e. The second-order valence-corrected chi connectivity index (χ2v) is 8.36. The molecule has 6 nitrogen and oxygen atoms in total. The van der Waals surface area contributed by atoms with Crippen LogP contribution in [-0.2, 0) is 27.2 Å². The van der Waals surface area contributed by atoms with Crippen LogP contribution >= 0.6 is 11.3 Å². The van der Waals surface area contributed by atoms with Crippen molar-refractivity contribution in [3.05, 3.63) is 28.2 Å². The van der Waals surface area contributed by atoms with Crippen LogP contribution in [0.4, 0.5) is 5.00 Å². The van der Waals surface area contributed by atoms with Gasteiger partial charge in [-0.25, -0.2) is 4.79 Å². The number of carboxylic acid groups (broad SMARTS) is 1. The van der Waals surface area contributed by atoms with E-state index in [2.05, 4.69) is 12.2 Å². The van der Waals surface area contributed by atoms with Gasteiger partial charge in [0.15, 0.2) is 0 Å². The third-order valence-electron chi connectivity index (χ3n) is 5.31. The molecule has 3 atom stereocenters. The summed E-state index contributed by atoms with van der Waals surface area (Å²) in [4.78, 5) is 38.0. The van der Waals surface area contributed by atoms with E-state index in [-0.39, 0.29) is 12.5 Å². The lowest BCUT2D eigenvalue weighted by molar-refractivity contribution is -0.146. The molecule has 146 valence electrons. The normalized spacial score (nSPS) is 24.1. The van der Waals surface area contributed by atoms with Gasteiger partial charge in [0.2, 0.25) is 5.91 Å². The van der Waals surface area contributed by atoms with Crippen molar-refractivity contribution < 1.29 is 24.2 Å². The lowest BCUT2D eigenvalue weighted by atomic mass is 9.82. The third-order valence-corrected chi connectivity index (χ3v) is 6.48. The van der Waals surface area contributed by atoms with E-state index in [4.69, 9.17) is 4.74 Å². The van der Waals surface area contributed by atoms with Gasteiger partial charge in [-0.05, 0) is 50.5 Å². The summed E-state index contributed by atoms with van der Waals surface area (Å²) in [5.74, 6) is -2.57. The molecule has 0 fully saturated rings. The Morgan fingerprint density at radius 3 is 2.63 bits per heavy atom. The van der Waals surface area contributed by atoms with Crippen LogP contribution in [0.3, 0.4) is 0 Å². The zero-order valence-electron chi connectivity index (χ0n) is 15.6. The Balaban J connectivity index is 1.89. The summed E-state index contributed by atoms with van der Waals surface area (Å²) in [5.41, 5.74) is 1.43. The number of allylic oxidation sites excluding steroid dienone is 2. The molecule has 2 aliphatic rings. The van der Waals surface area contributed by atoms with Gasteiger partial charge in [0.25, 0.3) is 0 Å². The second-order valence-electron chi connectivity index (χ2n) is 7.26. The van der Waals surface area contributed by atoms with Crippen LogP contribution in [0.5, 0.6) is 0 Å². The second kappa shape index (κ2) is 8.25. The van der Waals surface area contributed by atoms with Crippen molar-refractivity contribution in [2.45, 2.75) is 46.0 Å².